The zero-order valence-corrected chi connectivity index (χ0v) is 12.5. The van der Waals surface area contributed by atoms with Crippen LogP contribution in [0.3, 0.4) is 0 Å². The van der Waals surface area contributed by atoms with Crippen molar-refractivity contribution in [2.24, 2.45) is 5.92 Å². The Morgan fingerprint density at radius 1 is 1.25 bits per heavy atom. The first-order valence-corrected chi connectivity index (χ1v) is 7.10. The Balaban J connectivity index is 2.44. The molecule has 1 heterocycles. The van der Waals surface area contributed by atoms with Gasteiger partial charge in [-0.15, -0.1) is 0 Å². The molecular weight excluding hydrogens is 252 g/mol. The number of benzene rings is 1. The van der Waals surface area contributed by atoms with Crippen molar-refractivity contribution in [1.82, 2.24) is 10.2 Å². The smallest absolute Gasteiger partial charge is 0.253 e. The van der Waals surface area contributed by atoms with Crippen molar-refractivity contribution in [2.75, 3.05) is 6.54 Å². The van der Waals surface area contributed by atoms with Crippen LogP contribution in [0.2, 0.25) is 0 Å². The van der Waals surface area contributed by atoms with Gasteiger partial charge in [-0.1, -0.05) is 44.2 Å². The van der Waals surface area contributed by atoms with E-state index < -0.39 is 5.54 Å². The summed E-state index contributed by atoms with van der Waals surface area (Å²) in [5.41, 5.74) is -0.154. The Hall–Kier alpha value is -1.84. The fourth-order valence-electron chi connectivity index (χ4n) is 2.90. The molecule has 0 spiro atoms. The van der Waals surface area contributed by atoms with Gasteiger partial charge >= 0.3 is 0 Å². The molecule has 1 aromatic rings. The molecule has 1 aliphatic heterocycles. The number of amides is 2. The maximum atomic E-state index is 12.9. The van der Waals surface area contributed by atoms with Gasteiger partial charge in [0.1, 0.15) is 11.6 Å². The summed E-state index contributed by atoms with van der Waals surface area (Å²) >= 11 is 0. The lowest BCUT2D eigenvalue weighted by atomic mass is 9.85. The zero-order valence-electron chi connectivity index (χ0n) is 12.5. The van der Waals surface area contributed by atoms with Crippen LogP contribution in [0.4, 0.5) is 0 Å². The summed E-state index contributed by atoms with van der Waals surface area (Å²) in [6.45, 7) is 8.16. The van der Waals surface area contributed by atoms with Gasteiger partial charge in [-0.2, -0.15) is 0 Å². The van der Waals surface area contributed by atoms with Gasteiger partial charge in [0, 0.05) is 6.54 Å². The maximum absolute atomic E-state index is 12.9. The van der Waals surface area contributed by atoms with Crippen molar-refractivity contribution in [1.29, 1.82) is 0 Å². The highest BCUT2D eigenvalue weighted by molar-refractivity contribution is 6.00. The topological polar surface area (TPSA) is 49.4 Å². The van der Waals surface area contributed by atoms with Crippen LogP contribution in [0.1, 0.15) is 33.3 Å². The third kappa shape index (κ3) is 2.19. The summed E-state index contributed by atoms with van der Waals surface area (Å²) in [5, 5.41) is 2.92. The summed E-state index contributed by atoms with van der Waals surface area (Å²) in [6, 6.07) is 9.03. The lowest BCUT2D eigenvalue weighted by Crippen LogP contribution is -2.68. The van der Waals surface area contributed by atoms with Crippen molar-refractivity contribution < 1.29 is 9.59 Å². The van der Waals surface area contributed by atoms with E-state index in [4.69, 9.17) is 0 Å². The number of nitrogens with one attached hydrogen (secondary N) is 1. The predicted molar refractivity (Wildman–Crippen MR) is 77.9 cm³/mol. The largest absolute Gasteiger partial charge is 0.336 e. The molecule has 108 valence electrons. The first-order valence-electron chi connectivity index (χ1n) is 7.10. The lowest BCUT2D eigenvalue weighted by molar-refractivity contribution is -0.156. The van der Waals surface area contributed by atoms with Gasteiger partial charge in [0.25, 0.3) is 5.91 Å². The first-order chi connectivity index (χ1) is 9.41. The highest BCUT2D eigenvalue weighted by Gasteiger charge is 2.49. The van der Waals surface area contributed by atoms with Crippen molar-refractivity contribution in [3.05, 3.63) is 35.9 Å². The van der Waals surface area contributed by atoms with Gasteiger partial charge in [-0.25, -0.2) is 0 Å². The lowest BCUT2D eigenvalue weighted by Gasteiger charge is -2.45. The molecule has 4 heteroatoms. The molecular formula is C16H22N2O2. The van der Waals surface area contributed by atoms with Crippen LogP contribution in [-0.4, -0.2) is 29.3 Å². The minimum Gasteiger partial charge on any atom is -0.336 e. The molecule has 0 saturated carbocycles. The summed E-state index contributed by atoms with van der Waals surface area (Å²) in [6.07, 6.45) is 0. The number of rotatable bonds is 3. The van der Waals surface area contributed by atoms with Crippen molar-refractivity contribution in [2.45, 2.75) is 39.3 Å². The molecule has 4 nitrogen and oxygen atoms in total. The van der Waals surface area contributed by atoms with E-state index in [1.165, 1.54) is 0 Å². The van der Waals surface area contributed by atoms with E-state index in [-0.39, 0.29) is 23.8 Å². The molecule has 0 aliphatic carbocycles. The number of carbonyl (C=O) groups is 2. The Morgan fingerprint density at radius 3 is 2.35 bits per heavy atom. The average molecular weight is 274 g/mol. The van der Waals surface area contributed by atoms with Gasteiger partial charge in [0.2, 0.25) is 5.91 Å². The van der Waals surface area contributed by atoms with Crippen LogP contribution in [0.5, 0.6) is 0 Å². The number of hydrogen-bond donors (Lipinski definition) is 1. The Kier molecular flexibility index (Phi) is 3.84. The second-order valence-corrected chi connectivity index (χ2v) is 5.76. The minimum absolute atomic E-state index is 0.0375. The number of hydrogen-bond acceptors (Lipinski definition) is 2. The molecule has 2 atom stereocenters. The molecule has 1 N–H and O–H groups in total. The molecule has 2 unspecified atom stereocenters. The Morgan fingerprint density at radius 2 is 1.85 bits per heavy atom. The van der Waals surface area contributed by atoms with Crippen LogP contribution in [0, 0.1) is 5.92 Å². The van der Waals surface area contributed by atoms with Crippen LogP contribution >= 0.6 is 0 Å². The van der Waals surface area contributed by atoms with Crippen LogP contribution in [0.15, 0.2) is 30.3 Å². The Bertz CT molecular complexity index is 512. The summed E-state index contributed by atoms with van der Waals surface area (Å²) < 4.78 is 0. The third-order valence-corrected chi connectivity index (χ3v) is 3.99. The molecule has 1 aliphatic rings. The second-order valence-electron chi connectivity index (χ2n) is 5.76. The monoisotopic (exact) mass is 274 g/mol. The van der Waals surface area contributed by atoms with Crippen molar-refractivity contribution in [3.8, 4) is 0 Å². The molecule has 1 saturated heterocycles. The molecule has 1 aromatic carbocycles. The summed E-state index contributed by atoms with van der Waals surface area (Å²) in [7, 11) is 0. The number of piperazine rings is 1. The van der Waals surface area contributed by atoms with E-state index in [2.05, 4.69) is 5.32 Å². The maximum Gasteiger partial charge on any atom is 0.253 e. The normalized spacial score (nSPS) is 26.9. The highest BCUT2D eigenvalue weighted by atomic mass is 16.2. The molecule has 0 aromatic heterocycles. The van der Waals surface area contributed by atoms with Crippen LogP contribution in [0.25, 0.3) is 0 Å². The molecule has 1 fully saturated rings. The molecule has 2 rings (SSSR count). The van der Waals surface area contributed by atoms with E-state index in [1.807, 2.05) is 51.1 Å². The number of carbonyl (C=O) groups excluding carboxylic acids is 2. The van der Waals surface area contributed by atoms with Crippen LogP contribution < -0.4 is 5.32 Å². The first kappa shape index (κ1) is 14.6. The van der Waals surface area contributed by atoms with E-state index in [9.17, 15) is 9.59 Å². The molecule has 2 amide bonds. The fraction of sp³-hybridized carbons (Fsp3) is 0.500. The van der Waals surface area contributed by atoms with Gasteiger partial charge in [0.05, 0.1) is 0 Å². The predicted octanol–water partition coefficient (Wildman–Crippen LogP) is 1.90. The summed E-state index contributed by atoms with van der Waals surface area (Å²) in [4.78, 5) is 27.0. The number of likely N-dealkylation sites (N-methyl/N-ethyl adjacent to an activating group) is 1. The van der Waals surface area contributed by atoms with Crippen molar-refractivity contribution in [3.63, 3.8) is 0 Å². The molecule has 20 heavy (non-hydrogen) atoms. The Labute approximate surface area is 120 Å². The quantitative estimate of drug-likeness (QED) is 0.915. The standard InChI is InChI=1S/C16H22N2O2/c1-5-18-13(11(2)3)14(19)17-16(4,15(18)20)12-9-7-6-8-10-12/h6-11,13H,5H2,1-4H3,(H,17,19). The van der Waals surface area contributed by atoms with Crippen molar-refractivity contribution >= 4 is 11.8 Å². The van der Waals surface area contributed by atoms with E-state index in [1.54, 1.807) is 11.8 Å². The second kappa shape index (κ2) is 5.27. The highest BCUT2D eigenvalue weighted by Crippen LogP contribution is 2.30. The SMILES string of the molecule is CCN1C(=O)C(C)(c2ccccc2)NC(=O)C1C(C)C. The average Bonchev–Trinajstić information content (AvgIpc) is 2.43. The van der Waals surface area contributed by atoms with Crippen LogP contribution in [-0.2, 0) is 15.1 Å². The number of nitrogens with zero attached hydrogens (tertiary/aromatic N) is 1. The molecule has 0 bridgehead atoms. The van der Waals surface area contributed by atoms with Gasteiger partial charge in [0.15, 0.2) is 0 Å². The summed E-state index contributed by atoms with van der Waals surface area (Å²) in [5.74, 6) is -0.0171. The van der Waals surface area contributed by atoms with Gasteiger partial charge in [-0.3, -0.25) is 9.59 Å². The van der Waals surface area contributed by atoms with E-state index in [0.717, 1.165) is 5.56 Å². The third-order valence-electron chi connectivity index (χ3n) is 3.99. The minimum atomic E-state index is -0.972. The van der Waals surface area contributed by atoms with Gasteiger partial charge in [-0.05, 0) is 25.3 Å². The van der Waals surface area contributed by atoms with E-state index >= 15 is 0 Å². The van der Waals surface area contributed by atoms with Gasteiger partial charge < -0.3 is 10.2 Å². The zero-order chi connectivity index (χ0) is 14.9. The fourth-order valence-corrected chi connectivity index (χ4v) is 2.90. The molecule has 0 radical (unpaired) electrons. The van der Waals surface area contributed by atoms with E-state index in [0.29, 0.717) is 6.54 Å².